The third-order valence-corrected chi connectivity index (χ3v) is 5.08. The minimum absolute atomic E-state index is 0.0258. The SMILES string of the molecule is CC(C)Cn1c(=O)c(=O)[nH]c2cc(-c3noc(-c4cc5ccccc5oc4=O)n3)ccc21. The lowest BCUT2D eigenvalue weighted by Crippen LogP contribution is -2.37. The molecule has 0 aliphatic rings. The molecule has 0 unspecified atom stereocenters. The number of rotatable bonds is 4. The Hall–Kier alpha value is -4.27. The number of hydrogen-bond acceptors (Lipinski definition) is 7. The molecular weight excluding hydrogens is 412 g/mol. The highest BCUT2D eigenvalue weighted by atomic mass is 16.5. The lowest BCUT2D eigenvalue weighted by molar-refractivity contribution is 0.429. The van der Waals surface area contributed by atoms with Gasteiger partial charge in [-0.2, -0.15) is 4.98 Å². The molecule has 160 valence electrons. The third-order valence-electron chi connectivity index (χ3n) is 5.08. The summed E-state index contributed by atoms with van der Waals surface area (Å²) in [6.45, 7) is 4.36. The topological polar surface area (TPSA) is 124 Å². The van der Waals surface area contributed by atoms with Crippen LogP contribution in [0.2, 0.25) is 0 Å². The van der Waals surface area contributed by atoms with Crippen molar-refractivity contribution in [2.45, 2.75) is 20.4 Å². The quantitative estimate of drug-likeness (QED) is 0.343. The summed E-state index contributed by atoms with van der Waals surface area (Å²) < 4.78 is 12.1. The fourth-order valence-corrected chi connectivity index (χ4v) is 3.63. The number of hydrogen-bond donors (Lipinski definition) is 1. The molecule has 32 heavy (non-hydrogen) atoms. The fourth-order valence-electron chi connectivity index (χ4n) is 3.63. The zero-order chi connectivity index (χ0) is 22.4. The number of aromatic nitrogens is 4. The first-order valence-electron chi connectivity index (χ1n) is 10.0. The largest absolute Gasteiger partial charge is 0.422 e. The number of aromatic amines is 1. The van der Waals surface area contributed by atoms with Gasteiger partial charge in [-0.15, -0.1) is 0 Å². The van der Waals surface area contributed by atoms with Crippen molar-refractivity contribution in [3.8, 4) is 22.8 Å². The fraction of sp³-hybridized carbons (Fsp3) is 0.174. The maximum atomic E-state index is 12.4. The van der Waals surface area contributed by atoms with Gasteiger partial charge >= 0.3 is 16.7 Å². The average Bonchev–Trinajstić information content (AvgIpc) is 3.26. The maximum Gasteiger partial charge on any atom is 0.349 e. The summed E-state index contributed by atoms with van der Waals surface area (Å²) in [5, 5.41) is 4.70. The van der Waals surface area contributed by atoms with Crippen LogP contribution in [0.15, 0.2) is 71.9 Å². The van der Waals surface area contributed by atoms with Gasteiger partial charge in [-0.25, -0.2) is 4.79 Å². The minimum atomic E-state index is -0.696. The number of para-hydroxylation sites is 1. The van der Waals surface area contributed by atoms with E-state index in [1.807, 2.05) is 26.0 Å². The number of nitrogens with one attached hydrogen (secondary N) is 1. The van der Waals surface area contributed by atoms with Crippen LogP contribution < -0.4 is 16.7 Å². The highest BCUT2D eigenvalue weighted by molar-refractivity contribution is 5.81. The normalized spacial score (nSPS) is 11.6. The van der Waals surface area contributed by atoms with E-state index in [0.29, 0.717) is 28.7 Å². The lowest BCUT2D eigenvalue weighted by Gasteiger charge is -2.12. The smallest absolute Gasteiger partial charge is 0.349 e. The van der Waals surface area contributed by atoms with E-state index < -0.39 is 16.7 Å². The molecule has 3 aromatic heterocycles. The summed E-state index contributed by atoms with van der Waals surface area (Å²) >= 11 is 0. The molecule has 0 aliphatic heterocycles. The lowest BCUT2D eigenvalue weighted by atomic mass is 10.1. The minimum Gasteiger partial charge on any atom is -0.422 e. The number of fused-ring (bicyclic) bond motifs is 2. The zero-order valence-corrected chi connectivity index (χ0v) is 17.3. The van der Waals surface area contributed by atoms with Crippen LogP contribution in [0.5, 0.6) is 0 Å². The third kappa shape index (κ3) is 3.33. The summed E-state index contributed by atoms with van der Waals surface area (Å²) in [6.07, 6.45) is 0. The van der Waals surface area contributed by atoms with Crippen molar-refractivity contribution in [1.82, 2.24) is 19.7 Å². The van der Waals surface area contributed by atoms with Crippen molar-refractivity contribution in [2.75, 3.05) is 0 Å². The highest BCUT2D eigenvalue weighted by Gasteiger charge is 2.17. The molecule has 0 bridgehead atoms. The molecule has 0 saturated heterocycles. The number of benzene rings is 2. The van der Waals surface area contributed by atoms with Crippen LogP contribution in [0.4, 0.5) is 0 Å². The second-order valence-electron chi connectivity index (χ2n) is 7.90. The van der Waals surface area contributed by atoms with E-state index in [9.17, 15) is 14.4 Å². The summed E-state index contributed by atoms with van der Waals surface area (Å²) in [7, 11) is 0. The highest BCUT2D eigenvalue weighted by Crippen LogP contribution is 2.24. The molecule has 0 spiro atoms. The van der Waals surface area contributed by atoms with Gasteiger partial charge in [-0.1, -0.05) is 37.2 Å². The Balaban J connectivity index is 1.60. The second kappa shape index (κ2) is 7.45. The molecule has 9 heteroatoms. The van der Waals surface area contributed by atoms with Crippen LogP contribution in [0, 0.1) is 5.92 Å². The van der Waals surface area contributed by atoms with Gasteiger partial charge in [0.15, 0.2) is 0 Å². The molecule has 0 amide bonds. The predicted octanol–water partition coefficient (Wildman–Crippen LogP) is 3.17. The molecule has 1 N–H and O–H groups in total. The molecular formula is C23H18N4O5. The van der Waals surface area contributed by atoms with Crippen LogP contribution in [0.25, 0.3) is 44.8 Å². The van der Waals surface area contributed by atoms with Gasteiger partial charge in [-0.3, -0.25) is 9.59 Å². The molecule has 5 aromatic rings. The van der Waals surface area contributed by atoms with E-state index in [2.05, 4.69) is 15.1 Å². The molecule has 5 rings (SSSR count). The summed E-state index contributed by atoms with van der Waals surface area (Å²) in [5.41, 5.74) is 0.383. The number of nitrogens with zero attached hydrogens (tertiary/aromatic N) is 3. The van der Waals surface area contributed by atoms with Crippen LogP contribution in [0.3, 0.4) is 0 Å². The monoisotopic (exact) mass is 430 g/mol. The van der Waals surface area contributed by atoms with E-state index in [0.717, 1.165) is 5.39 Å². The Kier molecular flexibility index (Phi) is 4.58. The average molecular weight is 430 g/mol. The first kappa shape index (κ1) is 19.7. The molecule has 0 aliphatic carbocycles. The Labute approximate surface area is 179 Å². The first-order valence-corrected chi connectivity index (χ1v) is 10.0. The van der Waals surface area contributed by atoms with Crippen molar-refractivity contribution >= 4 is 22.0 Å². The van der Waals surface area contributed by atoms with Crippen molar-refractivity contribution in [1.29, 1.82) is 0 Å². The van der Waals surface area contributed by atoms with E-state index in [4.69, 9.17) is 8.94 Å². The van der Waals surface area contributed by atoms with E-state index in [1.54, 1.807) is 36.4 Å². The van der Waals surface area contributed by atoms with Gasteiger partial charge in [0.25, 0.3) is 5.89 Å². The van der Waals surface area contributed by atoms with Crippen molar-refractivity contribution in [3.63, 3.8) is 0 Å². The summed E-state index contributed by atoms with van der Waals surface area (Å²) in [5.74, 6) is 0.445. The molecule has 0 atom stereocenters. The van der Waals surface area contributed by atoms with Crippen LogP contribution >= 0.6 is 0 Å². The maximum absolute atomic E-state index is 12.4. The van der Waals surface area contributed by atoms with Crippen LogP contribution in [-0.4, -0.2) is 19.7 Å². The molecule has 0 saturated carbocycles. The van der Waals surface area contributed by atoms with Crippen molar-refractivity contribution in [2.24, 2.45) is 5.92 Å². The van der Waals surface area contributed by atoms with E-state index in [1.165, 1.54) is 4.57 Å². The van der Waals surface area contributed by atoms with Gasteiger partial charge in [0, 0.05) is 17.5 Å². The Bertz CT molecular complexity index is 1660. The van der Waals surface area contributed by atoms with Gasteiger partial charge in [0.2, 0.25) is 5.82 Å². The molecule has 0 fully saturated rings. The van der Waals surface area contributed by atoms with Gasteiger partial charge < -0.3 is 18.5 Å². The predicted molar refractivity (Wildman–Crippen MR) is 118 cm³/mol. The van der Waals surface area contributed by atoms with E-state index >= 15 is 0 Å². The Morgan fingerprint density at radius 3 is 2.69 bits per heavy atom. The van der Waals surface area contributed by atoms with Gasteiger partial charge in [0.05, 0.1) is 11.0 Å². The number of H-pyrrole nitrogens is 1. The standard InChI is InChI=1S/C23H18N4O5/c1-12(2)11-27-17-8-7-14(10-16(17)24-20(28)22(27)29)19-25-21(32-26-19)15-9-13-5-3-4-6-18(13)31-23(15)30/h3-10,12H,11H2,1-2H3,(H,24,28). The summed E-state index contributed by atoms with van der Waals surface area (Å²) in [4.78, 5) is 43.8. The zero-order valence-electron chi connectivity index (χ0n) is 17.3. The Morgan fingerprint density at radius 2 is 1.88 bits per heavy atom. The first-order chi connectivity index (χ1) is 15.4. The van der Waals surface area contributed by atoms with Gasteiger partial charge in [0.1, 0.15) is 11.1 Å². The molecule has 9 nitrogen and oxygen atoms in total. The molecule has 2 aromatic carbocycles. The molecule has 3 heterocycles. The van der Waals surface area contributed by atoms with Crippen molar-refractivity contribution < 1.29 is 8.94 Å². The van der Waals surface area contributed by atoms with Crippen LogP contribution in [0.1, 0.15) is 13.8 Å². The van der Waals surface area contributed by atoms with Crippen LogP contribution in [-0.2, 0) is 6.54 Å². The molecule has 0 radical (unpaired) electrons. The van der Waals surface area contributed by atoms with E-state index in [-0.39, 0.29) is 23.2 Å². The Morgan fingerprint density at radius 1 is 1.06 bits per heavy atom. The van der Waals surface area contributed by atoms with Crippen molar-refractivity contribution in [3.05, 3.63) is 79.7 Å². The van der Waals surface area contributed by atoms with Gasteiger partial charge in [-0.05, 0) is 36.2 Å². The summed E-state index contributed by atoms with van der Waals surface area (Å²) in [6, 6.07) is 13.9. The second-order valence-corrected chi connectivity index (χ2v) is 7.90.